The number of carbonyl (C=O) groups is 1. The van der Waals surface area contributed by atoms with Crippen molar-refractivity contribution in [2.24, 2.45) is 17.8 Å². The van der Waals surface area contributed by atoms with Crippen molar-refractivity contribution in [1.29, 1.82) is 0 Å². The maximum atomic E-state index is 11.5. The van der Waals surface area contributed by atoms with E-state index in [1.54, 1.807) is 0 Å². The van der Waals surface area contributed by atoms with Crippen molar-refractivity contribution in [2.75, 3.05) is 7.11 Å². The summed E-state index contributed by atoms with van der Waals surface area (Å²) in [4.78, 5) is 11.5. The molecule has 0 saturated heterocycles. The Labute approximate surface area is 112 Å². The molecule has 0 aromatic carbocycles. The molecule has 1 aliphatic rings. The topological polar surface area (TPSA) is 38.3 Å². The van der Waals surface area contributed by atoms with Crippen molar-refractivity contribution in [3.8, 4) is 0 Å². The Morgan fingerprint density at radius 1 is 1.17 bits per heavy atom. The average molecular weight is 255 g/mol. The molecule has 1 saturated carbocycles. The van der Waals surface area contributed by atoms with Gasteiger partial charge >= 0.3 is 5.97 Å². The van der Waals surface area contributed by atoms with Gasteiger partial charge in [0, 0.05) is 12.1 Å². The van der Waals surface area contributed by atoms with E-state index in [9.17, 15) is 4.79 Å². The minimum atomic E-state index is -0.119. The molecule has 1 fully saturated rings. The maximum absolute atomic E-state index is 11.5. The van der Waals surface area contributed by atoms with E-state index in [-0.39, 0.29) is 17.9 Å². The van der Waals surface area contributed by atoms with Gasteiger partial charge in [-0.05, 0) is 31.6 Å². The molecule has 3 nitrogen and oxygen atoms in total. The van der Waals surface area contributed by atoms with E-state index in [2.05, 4.69) is 26.1 Å². The first-order valence-corrected chi connectivity index (χ1v) is 7.31. The normalized spacial score (nSPS) is 27.9. The molecular formula is C15H29NO2. The van der Waals surface area contributed by atoms with Gasteiger partial charge in [-0.15, -0.1) is 0 Å². The highest BCUT2D eigenvalue weighted by atomic mass is 16.5. The third kappa shape index (κ3) is 3.98. The molecule has 3 heteroatoms. The van der Waals surface area contributed by atoms with E-state index in [0.29, 0.717) is 12.0 Å². The van der Waals surface area contributed by atoms with Crippen molar-refractivity contribution < 1.29 is 9.53 Å². The third-order valence-corrected chi connectivity index (χ3v) is 4.48. The van der Waals surface area contributed by atoms with Gasteiger partial charge in [-0.3, -0.25) is 4.79 Å². The van der Waals surface area contributed by atoms with Crippen LogP contribution in [0.3, 0.4) is 0 Å². The first-order chi connectivity index (χ1) is 8.47. The van der Waals surface area contributed by atoms with Crippen LogP contribution in [0.15, 0.2) is 0 Å². The van der Waals surface area contributed by atoms with Crippen LogP contribution in [0.4, 0.5) is 0 Å². The summed E-state index contributed by atoms with van der Waals surface area (Å²) >= 11 is 0. The van der Waals surface area contributed by atoms with Crippen LogP contribution in [0.5, 0.6) is 0 Å². The summed E-state index contributed by atoms with van der Waals surface area (Å²) in [5, 5.41) is 3.66. The average Bonchev–Trinajstić information content (AvgIpc) is 2.37. The second-order valence-electron chi connectivity index (χ2n) is 6.07. The quantitative estimate of drug-likeness (QED) is 0.768. The van der Waals surface area contributed by atoms with Gasteiger partial charge in [-0.2, -0.15) is 0 Å². The zero-order valence-electron chi connectivity index (χ0n) is 12.5. The Bertz CT molecular complexity index is 265. The van der Waals surface area contributed by atoms with Crippen LogP contribution in [-0.4, -0.2) is 25.2 Å². The highest BCUT2D eigenvalue weighted by Crippen LogP contribution is 2.30. The monoisotopic (exact) mass is 255 g/mol. The molecule has 0 amide bonds. The Kier molecular flexibility index (Phi) is 6.13. The van der Waals surface area contributed by atoms with Gasteiger partial charge < -0.3 is 10.1 Å². The molecule has 0 aliphatic heterocycles. The summed E-state index contributed by atoms with van der Waals surface area (Å²) in [6.45, 7) is 8.64. The van der Waals surface area contributed by atoms with E-state index in [1.807, 2.05) is 6.92 Å². The number of rotatable bonds is 5. The number of hydrogen-bond acceptors (Lipinski definition) is 3. The zero-order chi connectivity index (χ0) is 13.7. The van der Waals surface area contributed by atoms with E-state index >= 15 is 0 Å². The third-order valence-electron chi connectivity index (χ3n) is 4.48. The lowest BCUT2D eigenvalue weighted by Crippen LogP contribution is -2.48. The van der Waals surface area contributed by atoms with Crippen molar-refractivity contribution in [2.45, 2.75) is 65.5 Å². The lowest BCUT2D eigenvalue weighted by molar-refractivity contribution is -0.145. The van der Waals surface area contributed by atoms with Gasteiger partial charge in [0.15, 0.2) is 0 Å². The lowest BCUT2D eigenvalue weighted by atomic mass is 9.77. The van der Waals surface area contributed by atoms with Gasteiger partial charge in [0.2, 0.25) is 0 Å². The second kappa shape index (κ2) is 7.13. The Morgan fingerprint density at radius 2 is 1.78 bits per heavy atom. The molecule has 4 atom stereocenters. The molecule has 4 unspecified atom stereocenters. The van der Waals surface area contributed by atoms with Crippen LogP contribution < -0.4 is 5.32 Å². The number of hydrogen-bond donors (Lipinski definition) is 1. The zero-order valence-corrected chi connectivity index (χ0v) is 12.5. The maximum Gasteiger partial charge on any atom is 0.309 e. The van der Waals surface area contributed by atoms with Crippen LogP contribution in [0.25, 0.3) is 0 Å². The number of carbonyl (C=O) groups excluding carboxylic acids is 1. The fourth-order valence-corrected chi connectivity index (χ4v) is 3.04. The summed E-state index contributed by atoms with van der Waals surface area (Å²) in [6, 6.07) is 0.739. The van der Waals surface area contributed by atoms with Crippen LogP contribution in [0, 0.1) is 17.8 Å². The van der Waals surface area contributed by atoms with E-state index in [4.69, 9.17) is 4.74 Å². The largest absolute Gasteiger partial charge is 0.469 e. The molecule has 106 valence electrons. The highest BCUT2D eigenvalue weighted by Gasteiger charge is 2.30. The fraction of sp³-hybridized carbons (Fsp3) is 0.933. The van der Waals surface area contributed by atoms with Crippen molar-refractivity contribution in [3.05, 3.63) is 0 Å². The first-order valence-electron chi connectivity index (χ1n) is 7.31. The summed E-state index contributed by atoms with van der Waals surface area (Å²) in [7, 11) is 1.46. The molecule has 0 spiro atoms. The number of nitrogens with one attached hydrogen (secondary N) is 1. The van der Waals surface area contributed by atoms with Crippen LogP contribution in [0.2, 0.25) is 0 Å². The molecule has 0 bridgehead atoms. The van der Waals surface area contributed by atoms with Crippen molar-refractivity contribution >= 4 is 5.97 Å². The number of ether oxygens (including phenoxy) is 1. The first kappa shape index (κ1) is 15.5. The van der Waals surface area contributed by atoms with Crippen LogP contribution in [-0.2, 0) is 9.53 Å². The highest BCUT2D eigenvalue weighted by molar-refractivity contribution is 5.72. The van der Waals surface area contributed by atoms with Gasteiger partial charge in [-0.1, -0.05) is 33.6 Å². The Balaban J connectivity index is 2.55. The smallest absolute Gasteiger partial charge is 0.309 e. The van der Waals surface area contributed by atoms with Gasteiger partial charge in [-0.25, -0.2) is 0 Å². The van der Waals surface area contributed by atoms with Crippen LogP contribution in [0.1, 0.15) is 53.4 Å². The van der Waals surface area contributed by atoms with E-state index in [1.165, 1.54) is 32.8 Å². The SMILES string of the molecule is COC(=O)C(C)C(C)NC1CCCCC1C(C)C. The van der Waals surface area contributed by atoms with Crippen molar-refractivity contribution in [3.63, 3.8) is 0 Å². The lowest BCUT2D eigenvalue weighted by Gasteiger charge is -2.37. The van der Waals surface area contributed by atoms with Crippen LogP contribution >= 0.6 is 0 Å². The molecule has 0 aromatic heterocycles. The minimum absolute atomic E-state index is 0.0789. The summed E-state index contributed by atoms with van der Waals surface area (Å²) in [6.07, 6.45) is 5.21. The molecule has 1 N–H and O–H groups in total. The molecule has 1 aliphatic carbocycles. The fourth-order valence-electron chi connectivity index (χ4n) is 3.04. The predicted molar refractivity (Wildman–Crippen MR) is 74.4 cm³/mol. The summed E-state index contributed by atoms with van der Waals surface area (Å²) in [5.74, 6) is 1.26. The Morgan fingerprint density at radius 3 is 2.33 bits per heavy atom. The standard InChI is InChI=1S/C15H29NO2/c1-10(2)13-8-6-7-9-14(13)16-12(4)11(3)15(17)18-5/h10-14,16H,6-9H2,1-5H3. The van der Waals surface area contributed by atoms with Gasteiger partial charge in [0.25, 0.3) is 0 Å². The molecular weight excluding hydrogens is 226 g/mol. The Hall–Kier alpha value is -0.570. The molecule has 0 radical (unpaired) electrons. The second-order valence-corrected chi connectivity index (χ2v) is 6.07. The number of esters is 1. The molecule has 1 rings (SSSR count). The van der Waals surface area contributed by atoms with Gasteiger partial charge in [0.05, 0.1) is 13.0 Å². The molecule has 0 heterocycles. The molecule has 18 heavy (non-hydrogen) atoms. The predicted octanol–water partition coefficient (Wildman–Crippen LogP) is 2.99. The number of methoxy groups -OCH3 is 1. The van der Waals surface area contributed by atoms with E-state index < -0.39 is 0 Å². The summed E-state index contributed by atoms with van der Waals surface area (Å²) < 4.78 is 4.82. The summed E-state index contributed by atoms with van der Waals surface area (Å²) in [5.41, 5.74) is 0. The van der Waals surface area contributed by atoms with Gasteiger partial charge in [0.1, 0.15) is 0 Å². The van der Waals surface area contributed by atoms with E-state index in [0.717, 1.165) is 5.92 Å². The van der Waals surface area contributed by atoms with Crippen molar-refractivity contribution in [1.82, 2.24) is 5.32 Å². The molecule has 0 aromatic rings. The minimum Gasteiger partial charge on any atom is -0.469 e.